The summed E-state index contributed by atoms with van der Waals surface area (Å²) in [6, 6.07) is 11.9. The standard InChI is InChI=1S/C19H21ClFN3O/c1-14-12-16(20)4-7-18(14)23-8-10-24(11-9-23)19(25)22-13-15-2-5-17(21)6-3-15/h2-7,12H,8-11,13H2,1H3,(H,22,25). The van der Waals surface area contributed by atoms with Crippen molar-refractivity contribution < 1.29 is 9.18 Å². The van der Waals surface area contributed by atoms with Crippen molar-refractivity contribution in [3.05, 3.63) is 64.4 Å². The molecule has 0 atom stereocenters. The van der Waals surface area contributed by atoms with Crippen LogP contribution in [-0.4, -0.2) is 37.1 Å². The first-order valence-electron chi connectivity index (χ1n) is 8.31. The Hall–Kier alpha value is -2.27. The Morgan fingerprint density at radius 3 is 2.44 bits per heavy atom. The fraction of sp³-hybridized carbons (Fsp3) is 0.316. The lowest BCUT2D eigenvalue weighted by atomic mass is 10.1. The van der Waals surface area contributed by atoms with Crippen LogP contribution in [0.5, 0.6) is 0 Å². The van der Waals surface area contributed by atoms with Crippen LogP contribution in [0.15, 0.2) is 42.5 Å². The molecule has 3 rings (SSSR count). The number of amides is 2. The molecule has 0 unspecified atom stereocenters. The molecule has 0 aromatic heterocycles. The van der Waals surface area contributed by atoms with Crippen LogP contribution in [0.2, 0.25) is 5.02 Å². The number of nitrogens with one attached hydrogen (secondary N) is 1. The Labute approximate surface area is 152 Å². The summed E-state index contributed by atoms with van der Waals surface area (Å²) >= 11 is 6.01. The third kappa shape index (κ3) is 4.42. The van der Waals surface area contributed by atoms with Crippen molar-refractivity contribution in [2.45, 2.75) is 13.5 Å². The van der Waals surface area contributed by atoms with E-state index in [2.05, 4.69) is 10.2 Å². The monoisotopic (exact) mass is 361 g/mol. The Kier molecular flexibility index (Phi) is 5.43. The number of aryl methyl sites for hydroxylation is 1. The van der Waals surface area contributed by atoms with Crippen molar-refractivity contribution in [1.29, 1.82) is 0 Å². The molecule has 25 heavy (non-hydrogen) atoms. The van der Waals surface area contributed by atoms with Gasteiger partial charge in [0.1, 0.15) is 5.82 Å². The maximum Gasteiger partial charge on any atom is 0.317 e. The largest absolute Gasteiger partial charge is 0.368 e. The van der Waals surface area contributed by atoms with Gasteiger partial charge in [-0.15, -0.1) is 0 Å². The second-order valence-electron chi connectivity index (χ2n) is 6.19. The van der Waals surface area contributed by atoms with Crippen LogP contribution in [-0.2, 0) is 6.54 Å². The van der Waals surface area contributed by atoms with Crippen molar-refractivity contribution in [1.82, 2.24) is 10.2 Å². The zero-order valence-electron chi connectivity index (χ0n) is 14.1. The minimum absolute atomic E-state index is 0.0863. The lowest BCUT2D eigenvalue weighted by Gasteiger charge is -2.36. The summed E-state index contributed by atoms with van der Waals surface area (Å²) in [7, 11) is 0. The Balaban J connectivity index is 1.51. The van der Waals surface area contributed by atoms with E-state index in [1.54, 1.807) is 12.1 Å². The topological polar surface area (TPSA) is 35.6 Å². The number of piperazine rings is 1. The van der Waals surface area contributed by atoms with Crippen molar-refractivity contribution in [3.63, 3.8) is 0 Å². The molecule has 132 valence electrons. The zero-order chi connectivity index (χ0) is 17.8. The molecule has 2 aromatic carbocycles. The highest BCUT2D eigenvalue weighted by Crippen LogP contribution is 2.24. The Morgan fingerprint density at radius 1 is 1.12 bits per heavy atom. The zero-order valence-corrected chi connectivity index (χ0v) is 14.9. The van der Waals surface area contributed by atoms with Crippen LogP contribution in [0.25, 0.3) is 0 Å². The highest BCUT2D eigenvalue weighted by Gasteiger charge is 2.21. The van der Waals surface area contributed by atoms with E-state index < -0.39 is 0 Å². The second-order valence-corrected chi connectivity index (χ2v) is 6.63. The molecule has 1 aliphatic rings. The van der Waals surface area contributed by atoms with Crippen molar-refractivity contribution >= 4 is 23.3 Å². The summed E-state index contributed by atoms with van der Waals surface area (Å²) in [5.41, 5.74) is 3.18. The highest BCUT2D eigenvalue weighted by molar-refractivity contribution is 6.30. The normalized spacial score (nSPS) is 14.5. The molecule has 2 amide bonds. The van der Waals surface area contributed by atoms with Gasteiger partial charge in [-0.3, -0.25) is 0 Å². The number of nitrogens with zero attached hydrogens (tertiary/aromatic N) is 2. The first-order chi connectivity index (χ1) is 12.0. The SMILES string of the molecule is Cc1cc(Cl)ccc1N1CCN(C(=O)NCc2ccc(F)cc2)CC1. The lowest BCUT2D eigenvalue weighted by Crippen LogP contribution is -2.51. The Bertz CT molecular complexity index is 743. The van der Waals surface area contributed by atoms with Crippen molar-refractivity contribution in [2.24, 2.45) is 0 Å². The maximum absolute atomic E-state index is 12.9. The fourth-order valence-corrected chi connectivity index (χ4v) is 3.24. The Morgan fingerprint density at radius 2 is 1.80 bits per heavy atom. The smallest absolute Gasteiger partial charge is 0.317 e. The number of carbonyl (C=O) groups is 1. The van der Waals surface area contributed by atoms with E-state index in [1.807, 2.05) is 30.0 Å². The summed E-state index contributed by atoms with van der Waals surface area (Å²) in [6.07, 6.45) is 0. The molecule has 1 heterocycles. The molecule has 2 aromatic rings. The van der Waals surface area contributed by atoms with Gasteiger partial charge in [0.2, 0.25) is 0 Å². The number of benzene rings is 2. The summed E-state index contributed by atoms with van der Waals surface area (Å²) in [6.45, 7) is 5.34. The third-order valence-electron chi connectivity index (χ3n) is 4.42. The van der Waals surface area contributed by atoms with E-state index in [1.165, 1.54) is 12.1 Å². The van der Waals surface area contributed by atoms with Gasteiger partial charge in [0.15, 0.2) is 0 Å². The van der Waals surface area contributed by atoms with E-state index >= 15 is 0 Å². The molecular formula is C19H21ClFN3O. The molecule has 0 saturated carbocycles. The molecule has 1 fully saturated rings. The van der Waals surface area contributed by atoms with Gasteiger partial charge in [0, 0.05) is 43.4 Å². The van der Waals surface area contributed by atoms with E-state index in [4.69, 9.17) is 11.6 Å². The van der Waals surface area contributed by atoms with Gasteiger partial charge in [-0.25, -0.2) is 9.18 Å². The van der Waals surface area contributed by atoms with Gasteiger partial charge in [-0.2, -0.15) is 0 Å². The van der Waals surface area contributed by atoms with Crippen molar-refractivity contribution in [2.75, 3.05) is 31.1 Å². The summed E-state index contributed by atoms with van der Waals surface area (Å²) < 4.78 is 12.9. The van der Waals surface area contributed by atoms with E-state index in [-0.39, 0.29) is 11.8 Å². The maximum atomic E-state index is 12.9. The van der Waals surface area contributed by atoms with Crippen molar-refractivity contribution in [3.8, 4) is 0 Å². The summed E-state index contributed by atoms with van der Waals surface area (Å²) in [4.78, 5) is 16.4. The van der Waals surface area contributed by atoms with Crippen LogP contribution in [0, 0.1) is 12.7 Å². The molecule has 4 nitrogen and oxygen atoms in total. The number of hydrogen-bond acceptors (Lipinski definition) is 2. The third-order valence-corrected chi connectivity index (χ3v) is 4.66. The molecule has 0 spiro atoms. The number of hydrogen-bond donors (Lipinski definition) is 1. The van der Waals surface area contributed by atoms with Crippen LogP contribution < -0.4 is 10.2 Å². The number of anilines is 1. The minimum atomic E-state index is -0.274. The molecule has 1 aliphatic heterocycles. The molecule has 0 radical (unpaired) electrons. The first-order valence-corrected chi connectivity index (χ1v) is 8.69. The second kappa shape index (κ2) is 7.74. The predicted octanol–water partition coefficient (Wildman–Crippen LogP) is 3.82. The first kappa shape index (κ1) is 17.5. The summed E-state index contributed by atoms with van der Waals surface area (Å²) in [5.74, 6) is -0.274. The summed E-state index contributed by atoms with van der Waals surface area (Å²) in [5, 5.41) is 3.63. The minimum Gasteiger partial charge on any atom is -0.368 e. The molecule has 1 N–H and O–H groups in total. The van der Waals surface area contributed by atoms with Gasteiger partial charge in [0.25, 0.3) is 0 Å². The number of rotatable bonds is 3. The van der Waals surface area contributed by atoms with E-state index in [9.17, 15) is 9.18 Å². The van der Waals surface area contributed by atoms with Gasteiger partial charge in [-0.1, -0.05) is 23.7 Å². The number of carbonyl (C=O) groups excluding carboxylic acids is 1. The van der Waals surface area contributed by atoms with Gasteiger partial charge in [-0.05, 0) is 48.4 Å². The molecule has 1 saturated heterocycles. The predicted molar refractivity (Wildman–Crippen MR) is 98.6 cm³/mol. The molecular weight excluding hydrogens is 341 g/mol. The van der Waals surface area contributed by atoms with Crippen LogP contribution in [0.3, 0.4) is 0 Å². The number of urea groups is 1. The quantitative estimate of drug-likeness (QED) is 0.902. The lowest BCUT2D eigenvalue weighted by molar-refractivity contribution is 0.194. The van der Waals surface area contributed by atoms with Gasteiger partial charge >= 0.3 is 6.03 Å². The molecule has 6 heteroatoms. The van der Waals surface area contributed by atoms with E-state index in [0.29, 0.717) is 19.6 Å². The van der Waals surface area contributed by atoms with Gasteiger partial charge < -0.3 is 15.1 Å². The van der Waals surface area contributed by atoms with Gasteiger partial charge in [0.05, 0.1) is 0 Å². The average Bonchev–Trinajstić information content (AvgIpc) is 2.61. The number of halogens is 2. The van der Waals surface area contributed by atoms with E-state index in [0.717, 1.165) is 34.9 Å². The molecule has 0 bridgehead atoms. The fourth-order valence-electron chi connectivity index (χ4n) is 3.02. The van der Waals surface area contributed by atoms with Crippen LogP contribution >= 0.6 is 11.6 Å². The van der Waals surface area contributed by atoms with Crippen LogP contribution in [0.1, 0.15) is 11.1 Å². The highest BCUT2D eigenvalue weighted by atomic mass is 35.5. The molecule has 0 aliphatic carbocycles. The van der Waals surface area contributed by atoms with Crippen LogP contribution in [0.4, 0.5) is 14.9 Å². The average molecular weight is 362 g/mol.